The maximum absolute atomic E-state index is 10.6. The van der Waals surface area contributed by atoms with Gasteiger partial charge in [-0.1, -0.05) is 23.2 Å². The first-order valence-electron chi connectivity index (χ1n) is 8.47. The molecule has 0 amide bonds. The number of aromatic nitrogens is 1. The van der Waals surface area contributed by atoms with Gasteiger partial charge in [-0.25, -0.2) is 0 Å². The maximum atomic E-state index is 10.6. The summed E-state index contributed by atoms with van der Waals surface area (Å²) < 4.78 is 7.53. The molecule has 1 atom stereocenters. The van der Waals surface area contributed by atoms with Gasteiger partial charge in [0, 0.05) is 51.5 Å². The molecule has 0 saturated carbocycles. The maximum Gasteiger partial charge on any atom is 0.0846 e. The predicted molar refractivity (Wildman–Crippen MR) is 103 cm³/mol. The van der Waals surface area contributed by atoms with E-state index in [0.717, 1.165) is 48.1 Å². The lowest BCUT2D eigenvalue weighted by atomic mass is 10.1. The van der Waals surface area contributed by atoms with Gasteiger partial charge < -0.3 is 14.4 Å². The van der Waals surface area contributed by atoms with E-state index in [1.165, 1.54) is 0 Å². The molecular formula is C19H20Cl2N2O2. The highest BCUT2D eigenvalue weighted by Gasteiger charge is 2.18. The Balaban J connectivity index is 1.69. The number of rotatable bonds is 4. The molecule has 1 fully saturated rings. The van der Waals surface area contributed by atoms with Crippen molar-refractivity contribution in [2.75, 3.05) is 32.8 Å². The standard InChI is InChI=1S/C19H20Cl2N2O2/c20-13-1-3-18-16(9-13)17-10-14(21)2-4-19(17)23(18)12-15(24)11-22-5-7-25-8-6-22/h1-4,9-10,15,24H,5-8,11-12H2/t15-/m0/s1. The normalized spacial score (nSPS) is 17.4. The van der Waals surface area contributed by atoms with Crippen molar-refractivity contribution in [3.63, 3.8) is 0 Å². The van der Waals surface area contributed by atoms with E-state index in [0.29, 0.717) is 23.1 Å². The van der Waals surface area contributed by atoms with Crippen molar-refractivity contribution in [3.05, 3.63) is 46.4 Å². The largest absolute Gasteiger partial charge is 0.390 e. The second-order valence-corrected chi connectivity index (χ2v) is 7.37. The molecule has 0 radical (unpaired) electrons. The summed E-state index contributed by atoms with van der Waals surface area (Å²) in [6.07, 6.45) is -0.455. The second kappa shape index (κ2) is 7.14. The summed E-state index contributed by atoms with van der Waals surface area (Å²) in [6.45, 7) is 4.38. The van der Waals surface area contributed by atoms with Gasteiger partial charge >= 0.3 is 0 Å². The van der Waals surface area contributed by atoms with Crippen LogP contribution in [0.1, 0.15) is 0 Å². The van der Waals surface area contributed by atoms with Crippen LogP contribution in [0.3, 0.4) is 0 Å². The summed E-state index contributed by atoms with van der Waals surface area (Å²) >= 11 is 12.4. The summed E-state index contributed by atoms with van der Waals surface area (Å²) in [5.41, 5.74) is 2.12. The minimum atomic E-state index is -0.455. The van der Waals surface area contributed by atoms with Gasteiger partial charge in [-0.2, -0.15) is 0 Å². The Morgan fingerprint density at radius 1 is 0.920 bits per heavy atom. The van der Waals surface area contributed by atoms with Crippen molar-refractivity contribution in [3.8, 4) is 0 Å². The van der Waals surface area contributed by atoms with Crippen molar-refractivity contribution in [1.82, 2.24) is 9.47 Å². The van der Waals surface area contributed by atoms with Crippen LogP contribution in [-0.2, 0) is 11.3 Å². The Hall–Kier alpha value is -1.30. The lowest BCUT2D eigenvalue weighted by Crippen LogP contribution is -2.42. The van der Waals surface area contributed by atoms with E-state index in [-0.39, 0.29) is 0 Å². The highest BCUT2D eigenvalue weighted by molar-refractivity contribution is 6.33. The summed E-state index contributed by atoms with van der Waals surface area (Å²) in [5, 5.41) is 14.2. The molecule has 2 aromatic carbocycles. The second-order valence-electron chi connectivity index (χ2n) is 6.50. The van der Waals surface area contributed by atoms with Crippen LogP contribution in [0, 0.1) is 0 Å². The molecular weight excluding hydrogens is 359 g/mol. The molecule has 3 aromatic rings. The van der Waals surface area contributed by atoms with E-state index in [2.05, 4.69) is 9.47 Å². The molecule has 0 bridgehead atoms. The number of aliphatic hydroxyl groups excluding tert-OH is 1. The van der Waals surface area contributed by atoms with Crippen molar-refractivity contribution in [2.24, 2.45) is 0 Å². The van der Waals surface area contributed by atoms with Gasteiger partial charge in [0.2, 0.25) is 0 Å². The van der Waals surface area contributed by atoms with Crippen molar-refractivity contribution >= 4 is 45.0 Å². The zero-order chi connectivity index (χ0) is 17.4. The zero-order valence-electron chi connectivity index (χ0n) is 13.8. The molecule has 1 aliphatic rings. The Morgan fingerprint density at radius 2 is 1.48 bits per heavy atom. The third kappa shape index (κ3) is 3.50. The first-order chi connectivity index (χ1) is 12.1. The molecule has 0 aliphatic carbocycles. The van der Waals surface area contributed by atoms with Gasteiger partial charge in [-0.3, -0.25) is 4.90 Å². The number of morpholine rings is 1. The smallest absolute Gasteiger partial charge is 0.0846 e. The average molecular weight is 379 g/mol. The minimum Gasteiger partial charge on any atom is -0.390 e. The monoisotopic (exact) mass is 378 g/mol. The van der Waals surface area contributed by atoms with E-state index >= 15 is 0 Å². The van der Waals surface area contributed by atoms with Crippen LogP contribution in [0.5, 0.6) is 0 Å². The Labute approximate surface area is 156 Å². The molecule has 25 heavy (non-hydrogen) atoms. The Kier molecular flexibility index (Phi) is 4.89. The number of fused-ring (bicyclic) bond motifs is 3. The van der Waals surface area contributed by atoms with Gasteiger partial charge in [0.15, 0.2) is 0 Å². The van der Waals surface area contributed by atoms with E-state index < -0.39 is 6.10 Å². The Bertz CT molecular complexity index is 844. The van der Waals surface area contributed by atoms with Crippen LogP contribution in [0.2, 0.25) is 10.0 Å². The summed E-state index contributed by atoms with van der Waals surface area (Å²) in [5.74, 6) is 0. The van der Waals surface area contributed by atoms with Crippen molar-refractivity contribution in [1.29, 1.82) is 0 Å². The molecule has 4 nitrogen and oxygen atoms in total. The third-order valence-corrected chi connectivity index (χ3v) is 5.23. The number of hydrogen-bond donors (Lipinski definition) is 1. The van der Waals surface area contributed by atoms with Gasteiger partial charge in [0.25, 0.3) is 0 Å². The SMILES string of the molecule is O[C@@H](CN1CCOCC1)Cn1c2ccc(Cl)cc2c2cc(Cl)ccc21. The molecule has 132 valence electrons. The quantitative estimate of drug-likeness (QED) is 0.750. The van der Waals surface area contributed by atoms with Gasteiger partial charge in [0.1, 0.15) is 0 Å². The molecule has 1 aliphatic heterocycles. The Morgan fingerprint density at radius 3 is 2.04 bits per heavy atom. The third-order valence-electron chi connectivity index (χ3n) is 4.75. The molecule has 4 rings (SSSR count). The molecule has 6 heteroatoms. The molecule has 1 N–H and O–H groups in total. The topological polar surface area (TPSA) is 37.6 Å². The number of aliphatic hydroxyl groups is 1. The number of β-amino-alcohol motifs (C(OH)–C–C–N with tert-alkyl or cyclic N) is 1. The molecule has 1 aromatic heterocycles. The summed E-state index contributed by atoms with van der Waals surface area (Å²) in [4.78, 5) is 2.25. The number of benzene rings is 2. The summed E-state index contributed by atoms with van der Waals surface area (Å²) in [7, 11) is 0. The van der Waals surface area contributed by atoms with Crippen LogP contribution < -0.4 is 0 Å². The first-order valence-corrected chi connectivity index (χ1v) is 9.22. The lowest BCUT2D eigenvalue weighted by Gasteiger charge is -2.28. The predicted octanol–water partition coefficient (Wildman–Crippen LogP) is 3.79. The van der Waals surface area contributed by atoms with Gasteiger partial charge in [-0.05, 0) is 36.4 Å². The van der Waals surface area contributed by atoms with E-state index in [4.69, 9.17) is 27.9 Å². The number of nitrogens with zero attached hydrogens (tertiary/aromatic N) is 2. The number of ether oxygens (including phenoxy) is 1. The fourth-order valence-corrected chi connectivity index (χ4v) is 3.94. The summed E-state index contributed by atoms with van der Waals surface area (Å²) in [6, 6.07) is 11.7. The molecule has 0 unspecified atom stereocenters. The lowest BCUT2D eigenvalue weighted by molar-refractivity contribution is 0.0119. The minimum absolute atomic E-state index is 0.455. The molecule has 1 saturated heterocycles. The van der Waals surface area contributed by atoms with E-state index in [1.54, 1.807) is 0 Å². The molecule has 2 heterocycles. The van der Waals surface area contributed by atoms with E-state index in [9.17, 15) is 5.11 Å². The van der Waals surface area contributed by atoms with Crippen LogP contribution in [0.15, 0.2) is 36.4 Å². The average Bonchev–Trinajstić information content (AvgIpc) is 2.88. The van der Waals surface area contributed by atoms with Crippen LogP contribution in [-0.4, -0.2) is 53.5 Å². The van der Waals surface area contributed by atoms with Crippen molar-refractivity contribution in [2.45, 2.75) is 12.6 Å². The number of hydrogen-bond acceptors (Lipinski definition) is 3. The molecule has 0 spiro atoms. The number of halogens is 2. The van der Waals surface area contributed by atoms with Gasteiger partial charge in [-0.15, -0.1) is 0 Å². The fourth-order valence-electron chi connectivity index (χ4n) is 3.60. The zero-order valence-corrected chi connectivity index (χ0v) is 15.3. The van der Waals surface area contributed by atoms with Crippen molar-refractivity contribution < 1.29 is 9.84 Å². The fraction of sp³-hybridized carbons (Fsp3) is 0.368. The van der Waals surface area contributed by atoms with Gasteiger partial charge in [0.05, 0.1) is 25.9 Å². The highest BCUT2D eigenvalue weighted by atomic mass is 35.5. The van der Waals surface area contributed by atoms with Crippen LogP contribution >= 0.6 is 23.2 Å². The first kappa shape index (κ1) is 17.1. The van der Waals surface area contributed by atoms with Crippen LogP contribution in [0.25, 0.3) is 21.8 Å². The van der Waals surface area contributed by atoms with E-state index in [1.807, 2.05) is 36.4 Å². The van der Waals surface area contributed by atoms with Crippen LogP contribution in [0.4, 0.5) is 0 Å². The highest BCUT2D eigenvalue weighted by Crippen LogP contribution is 2.33.